The largest absolute Gasteiger partial charge is 0.378 e. The Morgan fingerprint density at radius 2 is 1.94 bits per heavy atom. The van der Waals surface area contributed by atoms with Gasteiger partial charge in [-0.25, -0.2) is 0 Å². The van der Waals surface area contributed by atoms with Crippen LogP contribution >= 0.6 is 0 Å². The zero-order valence-corrected chi connectivity index (χ0v) is 11.2. The predicted molar refractivity (Wildman–Crippen MR) is 68.8 cm³/mol. The molecule has 1 rings (SSSR count). The van der Waals surface area contributed by atoms with Gasteiger partial charge in [-0.3, -0.25) is 0 Å². The van der Waals surface area contributed by atoms with Crippen molar-refractivity contribution in [1.82, 2.24) is 10.2 Å². The summed E-state index contributed by atoms with van der Waals surface area (Å²) in [5.74, 6) is 0. The van der Waals surface area contributed by atoms with Gasteiger partial charge in [0, 0.05) is 32.3 Å². The first-order valence-electron chi connectivity index (χ1n) is 6.87. The van der Waals surface area contributed by atoms with Crippen LogP contribution in [0, 0.1) is 0 Å². The number of nitrogens with zero attached hydrogens (tertiary/aromatic N) is 1. The highest BCUT2D eigenvalue weighted by Crippen LogP contribution is 2.14. The Morgan fingerprint density at radius 3 is 2.44 bits per heavy atom. The Labute approximate surface area is 101 Å². The van der Waals surface area contributed by atoms with Gasteiger partial charge < -0.3 is 15.0 Å². The molecule has 1 heterocycles. The molecule has 3 nitrogen and oxygen atoms in total. The molecule has 0 aromatic rings. The van der Waals surface area contributed by atoms with Gasteiger partial charge in [-0.2, -0.15) is 0 Å². The Morgan fingerprint density at radius 1 is 1.25 bits per heavy atom. The summed E-state index contributed by atoms with van der Waals surface area (Å²) in [6.07, 6.45) is 4.15. The third kappa shape index (κ3) is 4.81. The summed E-state index contributed by atoms with van der Waals surface area (Å²) in [7, 11) is 0. The van der Waals surface area contributed by atoms with Crippen molar-refractivity contribution < 1.29 is 4.74 Å². The minimum Gasteiger partial charge on any atom is -0.378 e. The van der Waals surface area contributed by atoms with Crippen molar-refractivity contribution in [2.24, 2.45) is 0 Å². The van der Waals surface area contributed by atoms with E-state index >= 15 is 0 Å². The van der Waals surface area contributed by atoms with Crippen LogP contribution in [0.2, 0.25) is 0 Å². The van der Waals surface area contributed by atoms with E-state index in [1.807, 2.05) is 0 Å². The van der Waals surface area contributed by atoms with Crippen molar-refractivity contribution >= 4 is 0 Å². The smallest absolute Gasteiger partial charge is 0.0599 e. The predicted octanol–water partition coefficient (Wildman–Crippen LogP) is 1.88. The van der Waals surface area contributed by atoms with Crippen LogP contribution in [0.4, 0.5) is 0 Å². The summed E-state index contributed by atoms with van der Waals surface area (Å²) in [5.41, 5.74) is 0. The molecule has 0 bridgehead atoms. The summed E-state index contributed by atoms with van der Waals surface area (Å²) >= 11 is 0. The molecule has 1 unspecified atom stereocenters. The normalized spacial score (nSPS) is 21.2. The summed E-state index contributed by atoms with van der Waals surface area (Å²) in [6.45, 7) is 12.1. The number of likely N-dealkylation sites (N-methyl/N-ethyl adjacent to an activating group) is 1. The van der Waals surface area contributed by atoms with Crippen LogP contribution < -0.4 is 5.32 Å². The molecule has 3 heteroatoms. The maximum absolute atomic E-state index is 5.67. The first-order chi connectivity index (χ1) is 7.80. The molecule has 1 N–H and O–H groups in total. The summed E-state index contributed by atoms with van der Waals surface area (Å²) in [5, 5.41) is 3.54. The van der Waals surface area contributed by atoms with Crippen molar-refractivity contribution in [2.45, 2.75) is 52.2 Å². The lowest BCUT2D eigenvalue weighted by Crippen LogP contribution is -2.45. The Balaban J connectivity index is 2.20. The van der Waals surface area contributed by atoms with Crippen LogP contribution in [0.15, 0.2) is 0 Å². The second-order valence-electron chi connectivity index (χ2n) is 4.62. The van der Waals surface area contributed by atoms with E-state index in [4.69, 9.17) is 4.74 Å². The molecule has 0 spiro atoms. The minimum absolute atomic E-state index is 0.514. The third-order valence-electron chi connectivity index (χ3n) is 3.40. The third-order valence-corrected chi connectivity index (χ3v) is 3.40. The molecule has 1 fully saturated rings. The molecule has 0 saturated carbocycles. The SMILES string of the molecule is CCNC(CC)CN1CCC(OCC)CC1. The van der Waals surface area contributed by atoms with Crippen LogP contribution in [0.5, 0.6) is 0 Å². The highest BCUT2D eigenvalue weighted by molar-refractivity contribution is 4.76. The average molecular weight is 228 g/mol. The van der Waals surface area contributed by atoms with Crippen molar-refractivity contribution in [3.63, 3.8) is 0 Å². The molecule has 0 aliphatic carbocycles. The lowest BCUT2D eigenvalue weighted by atomic mass is 10.1. The van der Waals surface area contributed by atoms with E-state index in [0.717, 1.165) is 13.2 Å². The molecule has 16 heavy (non-hydrogen) atoms. The number of hydrogen-bond acceptors (Lipinski definition) is 3. The lowest BCUT2D eigenvalue weighted by Gasteiger charge is -2.34. The van der Waals surface area contributed by atoms with Gasteiger partial charge in [0.05, 0.1) is 6.10 Å². The molecule has 96 valence electrons. The highest BCUT2D eigenvalue weighted by atomic mass is 16.5. The van der Waals surface area contributed by atoms with E-state index in [9.17, 15) is 0 Å². The van der Waals surface area contributed by atoms with Crippen LogP contribution in [0.25, 0.3) is 0 Å². The highest BCUT2D eigenvalue weighted by Gasteiger charge is 2.20. The fourth-order valence-corrected chi connectivity index (χ4v) is 2.43. The van der Waals surface area contributed by atoms with Gasteiger partial charge in [-0.15, -0.1) is 0 Å². The first-order valence-corrected chi connectivity index (χ1v) is 6.87. The first kappa shape index (κ1) is 13.9. The van der Waals surface area contributed by atoms with E-state index in [1.54, 1.807) is 0 Å². The number of nitrogens with one attached hydrogen (secondary N) is 1. The zero-order valence-electron chi connectivity index (χ0n) is 11.2. The molecule has 1 atom stereocenters. The minimum atomic E-state index is 0.514. The molecule has 1 aliphatic heterocycles. The fourth-order valence-electron chi connectivity index (χ4n) is 2.43. The summed E-state index contributed by atoms with van der Waals surface area (Å²) in [6, 6.07) is 0.661. The van der Waals surface area contributed by atoms with E-state index in [0.29, 0.717) is 12.1 Å². The number of likely N-dealkylation sites (tertiary alicyclic amines) is 1. The van der Waals surface area contributed by atoms with Crippen LogP contribution in [-0.2, 0) is 4.74 Å². The van der Waals surface area contributed by atoms with Gasteiger partial charge in [0.25, 0.3) is 0 Å². The second kappa shape index (κ2) is 8.04. The van der Waals surface area contributed by atoms with Crippen LogP contribution in [-0.4, -0.2) is 49.8 Å². The molecule has 1 aliphatic rings. The van der Waals surface area contributed by atoms with Gasteiger partial charge in [0.15, 0.2) is 0 Å². The number of hydrogen-bond donors (Lipinski definition) is 1. The maximum atomic E-state index is 5.67. The maximum Gasteiger partial charge on any atom is 0.0599 e. The number of ether oxygens (including phenoxy) is 1. The van der Waals surface area contributed by atoms with E-state index in [-0.39, 0.29) is 0 Å². The zero-order chi connectivity index (χ0) is 11.8. The van der Waals surface area contributed by atoms with E-state index in [1.165, 1.54) is 38.9 Å². The Kier molecular flexibility index (Phi) is 7.01. The molecule has 0 radical (unpaired) electrons. The average Bonchev–Trinajstić information content (AvgIpc) is 2.31. The van der Waals surface area contributed by atoms with Gasteiger partial charge in [-0.05, 0) is 32.7 Å². The molecular formula is C13H28N2O. The summed E-state index contributed by atoms with van der Waals surface area (Å²) in [4.78, 5) is 2.58. The molecule has 1 saturated heterocycles. The van der Waals surface area contributed by atoms with E-state index < -0.39 is 0 Å². The van der Waals surface area contributed by atoms with Gasteiger partial charge in [-0.1, -0.05) is 13.8 Å². The molecule has 0 aromatic heterocycles. The summed E-state index contributed by atoms with van der Waals surface area (Å²) < 4.78 is 5.67. The van der Waals surface area contributed by atoms with Gasteiger partial charge in [0.2, 0.25) is 0 Å². The molecule has 0 aromatic carbocycles. The topological polar surface area (TPSA) is 24.5 Å². The van der Waals surface area contributed by atoms with Gasteiger partial charge >= 0.3 is 0 Å². The van der Waals surface area contributed by atoms with Gasteiger partial charge in [0.1, 0.15) is 0 Å². The van der Waals surface area contributed by atoms with Crippen LogP contribution in [0.3, 0.4) is 0 Å². The number of rotatable bonds is 7. The monoisotopic (exact) mass is 228 g/mol. The van der Waals surface area contributed by atoms with Crippen molar-refractivity contribution in [2.75, 3.05) is 32.8 Å². The van der Waals surface area contributed by atoms with Crippen molar-refractivity contribution in [3.05, 3.63) is 0 Å². The molecule has 0 amide bonds. The van der Waals surface area contributed by atoms with Crippen molar-refractivity contribution in [1.29, 1.82) is 0 Å². The Hall–Kier alpha value is -0.120. The van der Waals surface area contributed by atoms with Crippen LogP contribution in [0.1, 0.15) is 40.0 Å². The van der Waals surface area contributed by atoms with Crippen molar-refractivity contribution in [3.8, 4) is 0 Å². The Bertz CT molecular complexity index is 167. The lowest BCUT2D eigenvalue weighted by molar-refractivity contribution is 0.0123. The fraction of sp³-hybridized carbons (Fsp3) is 1.00. The molecular weight excluding hydrogens is 200 g/mol. The number of piperidine rings is 1. The quantitative estimate of drug-likeness (QED) is 0.720. The second-order valence-corrected chi connectivity index (χ2v) is 4.62. The standard InChI is InChI=1S/C13H28N2O/c1-4-12(14-5-2)11-15-9-7-13(8-10-15)16-6-3/h12-14H,4-11H2,1-3H3. The van der Waals surface area contributed by atoms with E-state index in [2.05, 4.69) is 31.0 Å².